The summed E-state index contributed by atoms with van der Waals surface area (Å²) in [6, 6.07) is 5.15. The molecule has 0 radical (unpaired) electrons. The number of hydrogen-bond acceptors (Lipinski definition) is 5. The van der Waals surface area contributed by atoms with Crippen molar-refractivity contribution in [3.8, 4) is 0 Å². The van der Waals surface area contributed by atoms with E-state index in [2.05, 4.69) is 10.0 Å². The van der Waals surface area contributed by atoms with Gasteiger partial charge in [-0.05, 0) is 44.4 Å². The summed E-state index contributed by atoms with van der Waals surface area (Å²) in [5.41, 5.74) is 0.687. The van der Waals surface area contributed by atoms with E-state index in [9.17, 15) is 21.6 Å². The van der Waals surface area contributed by atoms with Crippen molar-refractivity contribution < 1.29 is 21.6 Å². The third-order valence-electron chi connectivity index (χ3n) is 4.22. The van der Waals surface area contributed by atoms with Crippen LogP contribution in [0.3, 0.4) is 0 Å². The fourth-order valence-corrected chi connectivity index (χ4v) is 6.33. The molecule has 0 aliphatic carbocycles. The van der Waals surface area contributed by atoms with E-state index in [1.165, 1.54) is 0 Å². The minimum atomic E-state index is -3.70. The maximum absolute atomic E-state index is 12.4. The van der Waals surface area contributed by atoms with E-state index < -0.39 is 25.4 Å². The summed E-state index contributed by atoms with van der Waals surface area (Å²) in [6.07, 6.45) is 0.315. The fourth-order valence-electron chi connectivity index (χ4n) is 2.88. The minimum Gasteiger partial charge on any atom is -0.350 e. The van der Waals surface area contributed by atoms with E-state index in [1.54, 1.807) is 26.0 Å². The maximum atomic E-state index is 12.4. The summed E-state index contributed by atoms with van der Waals surface area (Å²) in [6.45, 7) is 5.16. The van der Waals surface area contributed by atoms with Gasteiger partial charge in [0.2, 0.25) is 15.9 Å². The zero-order valence-corrected chi connectivity index (χ0v) is 16.3. The number of nitrogens with one attached hydrogen (secondary N) is 2. The lowest BCUT2D eigenvalue weighted by Gasteiger charge is -2.23. The second-order valence-electron chi connectivity index (χ2n) is 6.87. The molecular weight excluding hydrogens is 364 g/mol. The molecule has 0 aromatic heterocycles. The minimum absolute atomic E-state index is 0.0512. The van der Waals surface area contributed by atoms with Gasteiger partial charge in [0.15, 0.2) is 9.84 Å². The van der Waals surface area contributed by atoms with Crippen LogP contribution in [0.2, 0.25) is 0 Å². The number of rotatable bonds is 6. The number of amides is 1. The lowest BCUT2D eigenvalue weighted by Crippen LogP contribution is -2.47. The molecule has 1 amide bonds. The highest BCUT2D eigenvalue weighted by Crippen LogP contribution is 2.22. The van der Waals surface area contributed by atoms with E-state index in [-0.39, 0.29) is 35.3 Å². The summed E-state index contributed by atoms with van der Waals surface area (Å²) in [5.74, 6) is -0.397. The molecule has 0 bridgehead atoms. The van der Waals surface area contributed by atoms with Gasteiger partial charge >= 0.3 is 0 Å². The standard InChI is InChI=1S/C16H24N2O5S2/c1-12-4-5-13(2)14(10-12)25(22,23)17-8-6-15(19)18-16(3)7-9-24(20,21)11-16/h4-5,10,17H,6-9,11H2,1-3H3,(H,18,19)/t16-/m0/s1. The molecule has 9 heteroatoms. The summed E-state index contributed by atoms with van der Waals surface area (Å²) in [5, 5.41) is 2.70. The van der Waals surface area contributed by atoms with Crippen LogP contribution in [0, 0.1) is 13.8 Å². The zero-order valence-electron chi connectivity index (χ0n) is 14.6. The van der Waals surface area contributed by atoms with Crippen LogP contribution in [0.1, 0.15) is 30.9 Å². The van der Waals surface area contributed by atoms with Gasteiger partial charge in [-0.3, -0.25) is 4.79 Å². The number of carbonyl (C=O) groups is 1. The topological polar surface area (TPSA) is 109 Å². The Morgan fingerprint density at radius 3 is 2.56 bits per heavy atom. The Labute approximate surface area is 149 Å². The lowest BCUT2D eigenvalue weighted by atomic mass is 10.0. The monoisotopic (exact) mass is 388 g/mol. The predicted octanol–water partition coefficient (Wildman–Crippen LogP) is 0.665. The quantitative estimate of drug-likeness (QED) is 0.744. The molecule has 1 heterocycles. The first-order valence-electron chi connectivity index (χ1n) is 8.01. The van der Waals surface area contributed by atoms with Crippen LogP contribution < -0.4 is 10.0 Å². The van der Waals surface area contributed by atoms with Gasteiger partial charge in [0.1, 0.15) is 0 Å². The first kappa shape index (κ1) is 19.9. The Balaban J connectivity index is 1.92. The van der Waals surface area contributed by atoms with Crippen molar-refractivity contribution in [2.45, 2.75) is 44.0 Å². The van der Waals surface area contributed by atoms with Gasteiger partial charge < -0.3 is 5.32 Å². The Bertz CT molecular complexity index is 878. The first-order valence-corrected chi connectivity index (χ1v) is 11.3. The Morgan fingerprint density at radius 2 is 1.96 bits per heavy atom. The smallest absolute Gasteiger partial charge is 0.240 e. The molecule has 0 unspecified atom stereocenters. The van der Waals surface area contributed by atoms with E-state index >= 15 is 0 Å². The summed E-state index contributed by atoms with van der Waals surface area (Å²) in [7, 11) is -6.81. The van der Waals surface area contributed by atoms with Gasteiger partial charge in [-0.15, -0.1) is 0 Å². The first-order chi connectivity index (χ1) is 11.4. The average molecular weight is 389 g/mol. The number of carbonyl (C=O) groups excluding carboxylic acids is 1. The summed E-state index contributed by atoms with van der Waals surface area (Å²) in [4.78, 5) is 12.2. The molecule has 25 heavy (non-hydrogen) atoms. The highest BCUT2D eigenvalue weighted by Gasteiger charge is 2.39. The van der Waals surface area contributed by atoms with Gasteiger partial charge in [0, 0.05) is 13.0 Å². The second-order valence-corrected chi connectivity index (χ2v) is 10.8. The molecule has 1 aliphatic rings. The van der Waals surface area contributed by atoms with Crippen LogP contribution in [-0.2, 0) is 24.7 Å². The van der Waals surface area contributed by atoms with Crippen LogP contribution in [0.5, 0.6) is 0 Å². The van der Waals surface area contributed by atoms with Crippen LogP contribution in [0.25, 0.3) is 0 Å². The number of sulfonamides is 1. The predicted molar refractivity (Wildman–Crippen MR) is 95.5 cm³/mol. The van der Waals surface area contributed by atoms with Crippen molar-refractivity contribution in [1.29, 1.82) is 0 Å². The van der Waals surface area contributed by atoms with Gasteiger partial charge in [-0.25, -0.2) is 21.6 Å². The van der Waals surface area contributed by atoms with Crippen molar-refractivity contribution >= 4 is 25.8 Å². The van der Waals surface area contributed by atoms with Crippen molar-refractivity contribution in [3.05, 3.63) is 29.3 Å². The SMILES string of the molecule is Cc1ccc(C)c(S(=O)(=O)NCCC(=O)N[C@@]2(C)CCS(=O)(=O)C2)c1. The molecular formula is C16H24N2O5S2. The summed E-state index contributed by atoms with van der Waals surface area (Å²) >= 11 is 0. The van der Waals surface area contributed by atoms with E-state index in [4.69, 9.17) is 0 Å². The number of benzene rings is 1. The van der Waals surface area contributed by atoms with Crippen molar-refractivity contribution in [3.63, 3.8) is 0 Å². The highest BCUT2D eigenvalue weighted by atomic mass is 32.2. The third-order valence-corrected chi connectivity index (χ3v) is 7.73. The normalized spacial score (nSPS) is 22.7. The number of sulfone groups is 1. The molecule has 0 saturated carbocycles. The Kier molecular flexibility index (Phi) is 5.60. The molecule has 0 spiro atoms. The molecule has 1 aliphatic heterocycles. The highest BCUT2D eigenvalue weighted by molar-refractivity contribution is 7.91. The van der Waals surface area contributed by atoms with Gasteiger partial charge in [0.25, 0.3) is 0 Å². The van der Waals surface area contributed by atoms with Gasteiger partial charge in [-0.2, -0.15) is 0 Å². The largest absolute Gasteiger partial charge is 0.350 e. The number of hydrogen-bond donors (Lipinski definition) is 2. The van der Waals surface area contributed by atoms with E-state index in [0.717, 1.165) is 5.56 Å². The Hall–Kier alpha value is -1.45. The van der Waals surface area contributed by atoms with Gasteiger partial charge in [-0.1, -0.05) is 12.1 Å². The molecule has 1 aromatic carbocycles. The zero-order chi connectivity index (χ0) is 18.9. The Morgan fingerprint density at radius 1 is 1.28 bits per heavy atom. The average Bonchev–Trinajstić information content (AvgIpc) is 2.74. The van der Waals surface area contributed by atoms with Gasteiger partial charge in [0.05, 0.1) is 21.9 Å². The lowest BCUT2D eigenvalue weighted by molar-refractivity contribution is -0.122. The van der Waals surface area contributed by atoms with Crippen molar-refractivity contribution in [2.24, 2.45) is 0 Å². The molecule has 2 rings (SSSR count). The molecule has 1 fully saturated rings. The fraction of sp³-hybridized carbons (Fsp3) is 0.562. The maximum Gasteiger partial charge on any atom is 0.240 e. The van der Waals surface area contributed by atoms with E-state index in [0.29, 0.717) is 12.0 Å². The van der Waals surface area contributed by atoms with Crippen LogP contribution in [0.4, 0.5) is 0 Å². The van der Waals surface area contributed by atoms with Crippen LogP contribution >= 0.6 is 0 Å². The van der Waals surface area contributed by atoms with Crippen LogP contribution in [-0.4, -0.2) is 46.3 Å². The number of aryl methyl sites for hydroxylation is 2. The van der Waals surface area contributed by atoms with Crippen molar-refractivity contribution in [1.82, 2.24) is 10.0 Å². The molecule has 2 N–H and O–H groups in total. The molecule has 1 saturated heterocycles. The summed E-state index contributed by atoms with van der Waals surface area (Å²) < 4.78 is 50.2. The second kappa shape index (κ2) is 7.05. The van der Waals surface area contributed by atoms with Crippen molar-refractivity contribution in [2.75, 3.05) is 18.1 Å². The van der Waals surface area contributed by atoms with Crippen LogP contribution in [0.15, 0.2) is 23.1 Å². The molecule has 140 valence electrons. The van der Waals surface area contributed by atoms with E-state index in [1.807, 2.05) is 13.0 Å². The molecule has 1 atom stereocenters. The molecule has 7 nitrogen and oxygen atoms in total. The third kappa shape index (κ3) is 5.26. The molecule has 1 aromatic rings.